The van der Waals surface area contributed by atoms with Crippen LogP contribution in [-0.4, -0.2) is 65.7 Å². The molecule has 1 aliphatic heterocycles. The maximum atomic E-state index is 12.4. The molecule has 2 N–H and O–H groups in total. The van der Waals surface area contributed by atoms with Gasteiger partial charge in [0.05, 0.1) is 0 Å². The normalized spacial score (nSPS) is 19.7. The Morgan fingerprint density at radius 3 is 2.57 bits per heavy atom. The number of rotatable bonds is 6. The number of aliphatic carboxylic acids is 1. The highest BCUT2D eigenvalue weighted by Gasteiger charge is 2.28. The Labute approximate surface area is 127 Å². The van der Waals surface area contributed by atoms with E-state index in [4.69, 9.17) is 5.11 Å². The zero-order valence-electron chi connectivity index (χ0n) is 13.7. The molecule has 1 fully saturated rings. The number of piperidine rings is 1. The van der Waals surface area contributed by atoms with E-state index in [0.717, 1.165) is 25.8 Å². The van der Waals surface area contributed by atoms with Gasteiger partial charge in [-0.15, -0.1) is 0 Å². The van der Waals surface area contributed by atoms with Crippen LogP contribution in [0, 0.1) is 0 Å². The molecular weight excluding hydrogens is 270 g/mol. The second-order valence-corrected chi connectivity index (χ2v) is 6.64. The molecule has 0 radical (unpaired) electrons. The van der Waals surface area contributed by atoms with E-state index >= 15 is 0 Å². The van der Waals surface area contributed by atoms with Crippen LogP contribution in [0.5, 0.6) is 0 Å². The number of carboxylic acids is 1. The topological polar surface area (TPSA) is 72.9 Å². The highest BCUT2D eigenvalue weighted by atomic mass is 16.4. The van der Waals surface area contributed by atoms with Crippen LogP contribution >= 0.6 is 0 Å². The molecule has 1 unspecified atom stereocenters. The van der Waals surface area contributed by atoms with Crippen molar-refractivity contribution in [2.45, 2.75) is 57.5 Å². The Balaban J connectivity index is 2.54. The third-order valence-electron chi connectivity index (χ3n) is 4.46. The Kier molecular flexibility index (Phi) is 6.45. The zero-order chi connectivity index (χ0) is 16.0. The summed E-state index contributed by atoms with van der Waals surface area (Å²) in [6, 6.07) is -0.0164. The summed E-state index contributed by atoms with van der Waals surface area (Å²) in [5.41, 5.74) is -0.109. The Hall–Kier alpha value is -1.30. The number of urea groups is 1. The molecule has 0 aromatic heterocycles. The van der Waals surface area contributed by atoms with Crippen molar-refractivity contribution < 1.29 is 14.7 Å². The number of nitrogens with zero attached hydrogens (tertiary/aromatic N) is 2. The standard InChI is InChI=1S/C15H29N3O3/c1-15(2,17(3)4)11-16-14(21)18-10-6-5-7-12(18)8-9-13(19)20/h12H,5-11H2,1-4H3,(H,16,21)(H,19,20). The number of nitrogens with one attached hydrogen (secondary N) is 1. The second-order valence-electron chi connectivity index (χ2n) is 6.64. The third kappa shape index (κ3) is 5.53. The minimum Gasteiger partial charge on any atom is -0.481 e. The molecule has 0 aromatic rings. The van der Waals surface area contributed by atoms with Gasteiger partial charge in [0.1, 0.15) is 0 Å². The lowest BCUT2D eigenvalue weighted by molar-refractivity contribution is -0.137. The quantitative estimate of drug-likeness (QED) is 0.784. The van der Waals surface area contributed by atoms with Crippen molar-refractivity contribution in [3.05, 3.63) is 0 Å². The van der Waals surface area contributed by atoms with Gasteiger partial charge in [0.15, 0.2) is 0 Å². The van der Waals surface area contributed by atoms with E-state index in [2.05, 4.69) is 24.1 Å². The molecule has 1 heterocycles. The van der Waals surface area contributed by atoms with E-state index in [0.29, 0.717) is 13.0 Å². The largest absolute Gasteiger partial charge is 0.481 e. The number of carboxylic acid groups (broad SMARTS) is 1. The van der Waals surface area contributed by atoms with Gasteiger partial charge in [0, 0.05) is 31.1 Å². The fourth-order valence-corrected chi connectivity index (χ4v) is 2.41. The maximum Gasteiger partial charge on any atom is 0.317 e. The van der Waals surface area contributed by atoms with Crippen molar-refractivity contribution in [1.29, 1.82) is 0 Å². The average molecular weight is 299 g/mol. The van der Waals surface area contributed by atoms with E-state index in [-0.39, 0.29) is 24.0 Å². The summed E-state index contributed by atoms with van der Waals surface area (Å²) in [6.45, 7) is 5.44. The van der Waals surface area contributed by atoms with E-state index in [1.807, 2.05) is 19.0 Å². The number of hydrogen-bond donors (Lipinski definition) is 2. The van der Waals surface area contributed by atoms with Gasteiger partial charge in [-0.3, -0.25) is 4.79 Å². The summed E-state index contributed by atoms with van der Waals surface area (Å²) in [4.78, 5) is 27.0. The smallest absolute Gasteiger partial charge is 0.317 e. The predicted octanol–water partition coefficient (Wildman–Crippen LogP) is 1.76. The first-order valence-electron chi connectivity index (χ1n) is 7.68. The average Bonchev–Trinajstić information content (AvgIpc) is 2.42. The van der Waals surface area contributed by atoms with Crippen molar-refractivity contribution in [2.24, 2.45) is 0 Å². The molecule has 21 heavy (non-hydrogen) atoms. The molecule has 2 amide bonds. The first-order chi connectivity index (χ1) is 9.74. The van der Waals surface area contributed by atoms with Crippen LogP contribution in [0.3, 0.4) is 0 Å². The summed E-state index contributed by atoms with van der Waals surface area (Å²) in [5.74, 6) is -0.797. The summed E-state index contributed by atoms with van der Waals surface area (Å²) in [5, 5.41) is 11.8. The van der Waals surface area contributed by atoms with Gasteiger partial charge in [-0.1, -0.05) is 0 Å². The van der Waals surface area contributed by atoms with Gasteiger partial charge in [0.25, 0.3) is 0 Å². The fourth-order valence-electron chi connectivity index (χ4n) is 2.41. The van der Waals surface area contributed by atoms with Crippen LogP contribution < -0.4 is 5.32 Å². The van der Waals surface area contributed by atoms with Crippen molar-refractivity contribution in [3.63, 3.8) is 0 Å². The SMILES string of the molecule is CN(C)C(C)(C)CNC(=O)N1CCCCC1CCC(=O)O. The van der Waals surface area contributed by atoms with Gasteiger partial charge in [-0.25, -0.2) is 4.79 Å². The number of carbonyl (C=O) groups is 2. The van der Waals surface area contributed by atoms with E-state index in [9.17, 15) is 9.59 Å². The molecule has 0 bridgehead atoms. The van der Waals surface area contributed by atoms with Crippen molar-refractivity contribution >= 4 is 12.0 Å². The first kappa shape index (κ1) is 17.8. The van der Waals surface area contributed by atoms with Gasteiger partial charge in [-0.05, 0) is 53.6 Å². The first-order valence-corrected chi connectivity index (χ1v) is 7.68. The lowest BCUT2D eigenvalue weighted by Gasteiger charge is -2.38. The number of carbonyl (C=O) groups excluding carboxylic acids is 1. The number of amides is 2. The molecule has 0 saturated carbocycles. The Bertz CT molecular complexity index is 369. The van der Waals surface area contributed by atoms with Crippen LogP contribution in [0.4, 0.5) is 4.79 Å². The van der Waals surface area contributed by atoms with Gasteiger partial charge < -0.3 is 20.2 Å². The molecule has 1 atom stereocenters. The number of likely N-dealkylation sites (N-methyl/N-ethyl adjacent to an activating group) is 1. The van der Waals surface area contributed by atoms with Crippen LogP contribution in [0.25, 0.3) is 0 Å². The van der Waals surface area contributed by atoms with Crippen molar-refractivity contribution in [2.75, 3.05) is 27.2 Å². The summed E-state index contributed by atoms with van der Waals surface area (Å²) in [7, 11) is 3.98. The lowest BCUT2D eigenvalue weighted by atomic mass is 9.98. The molecular formula is C15H29N3O3. The molecule has 1 saturated heterocycles. The predicted molar refractivity (Wildman–Crippen MR) is 82.4 cm³/mol. The second kappa shape index (κ2) is 7.64. The molecule has 0 aliphatic carbocycles. The molecule has 6 nitrogen and oxygen atoms in total. The van der Waals surface area contributed by atoms with Crippen LogP contribution in [0.15, 0.2) is 0 Å². The minimum atomic E-state index is -0.797. The molecule has 1 rings (SSSR count). The number of hydrogen-bond acceptors (Lipinski definition) is 3. The van der Waals surface area contributed by atoms with Gasteiger partial charge in [0.2, 0.25) is 0 Å². The minimum absolute atomic E-state index is 0.0531. The van der Waals surface area contributed by atoms with E-state index in [1.165, 1.54) is 0 Å². The summed E-state index contributed by atoms with van der Waals surface area (Å²) in [6.07, 6.45) is 3.63. The van der Waals surface area contributed by atoms with E-state index < -0.39 is 5.97 Å². The van der Waals surface area contributed by atoms with E-state index in [1.54, 1.807) is 0 Å². The van der Waals surface area contributed by atoms with Gasteiger partial charge >= 0.3 is 12.0 Å². The van der Waals surface area contributed by atoms with Crippen molar-refractivity contribution in [3.8, 4) is 0 Å². The monoisotopic (exact) mass is 299 g/mol. The highest BCUT2D eigenvalue weighted by Crippen LogP contribution is 2.21. The fraction of sp³-hybridized carbons (Fsp3) is 0.867. The van der Waals surface area contributed by atoms with Crippen LogP contribution in [0.2, 0.25) is 0 Å². The van der Waals surface area contributed by atoms with Crippen LogP contribution in [-0.2, 0) is 4.79 Å². The van der Waals surface area contributed by atoms with Crippen molar-refractivity contribution in [1.82, 2.24) is 15.1 Å². The maximum absolute atomic E-state index is 12.4. The molecule has 0 spiro atoms. The summed E-state index contributed by atoms with van der Waals surface area (Å²) < 4.78 is 0. The summed E-state index contributed by atoms with van der Waals surface area (Å²) >= 11 is 0. The third-order valence-corrected chi connectivity index (χ3v) is 4.46. The molecule has 122 valence electrons. The Morgan fingerprint density at radius 2 is 2.00 bits per heavy atom. The van der Waals surface area contributed by atoms with Crippen LogP contribution in [0.1, 0.15) is 46.0 Å². The zero-order valence-corrected chi connectivity index (χ0v) is 13.7. The lowest BCUT2D eigenvalue weighted by Crippen LogP contribution is -2.54. The molecule has 0 aromatic carbocycles. The Morgan fingerprint density at radius 1 is 1.33 bits per heavy atom. The number of likely N-dealkylation sites (tertiary alicyclic amines) is 1. The molecule has 6 heteroatoms. The highest BCUT2D eigenvalue weighted by molar-refractivity contribution is 5.75. The van der Waals surface area contributed by atoms with Gasteiger partial charge in [-0.2, -0.15) is 0 Å². The molecule has 1 aliphatic rings.